The van der Waals surface area contributed by atoms with E-state index in [1.165, 1.54) is 0 Å². The third-order valence-corrected chi connectivity index (χ3v) is 5.88. The molecule has 4 rings (SSSR count). The highest BCUT2D eigenvalue weighted by atomic mass is 16.5. The topological polar surface area (TPSA) is 73.2 Å². The third kappa shape index (κ3) is 4.44. The van der Waals surface area contributed by atoms with E-state index in [1.54, 1.807) is 36.4 Å². The Hall–Kier alpha value is -4.12. The second-order valence-corrected chi connectivity index (χ2v) is 8.21. The van der Waals surface area contributed by atoms with E-state index in [0.29, 0.717) is 11.5 Å². The summed E-state index contributed by atoms with van der Waals surface area (Å²) in [6.07, 6.45) is 0. The van der Waals surface area contributed by atoms with Crippen molar-refractivity contribution in [3.05, 3.63) is 95.1 Å². The van der Waals surface area contributed by atoms with Crippen molar-refractivity contribution in [1.29, 1.82) is 0 Å². The molecule has 4 aromatic rings. The van der Waals surface area contributed by atoms with Crippen molar-refractivity contribution in [2.24, 2.45) is 0 Å². The summed E-state index contributed by atoms with van der Waals surface area (Å²) in [5, 5.41) is 30.4. The highest BCUT2D eigenvalue weighted by Crippen LogP contribution is 2.42. The summed E-state index contributed by atoms with van der Waals surface area (Å²) < 4.78 is 6.18. The molecule has 33 heavy (non-hydrogen) atoms. The Bertz CT molecular complexity index is 1280. The summed E-state index contributed by atoms with van der Waals surface area (Å²) in [6.45, 7) is 7.71. The SMILES string of the molecule is Cc1ccc(O)cc1N(c1cccc(Oc2ccc(O)c(C)c2C)c1)c1cc(O)ccc1C. The Morgan fingerprint density at radius 1 is 0.636 bits per heavy atom. The lowest BCUT2D eigenvalue weighted by Crippen LogP contribution is -2.12. The van der Waals surface area contributed by atoms with Crippen LogP contribution in [0, 0.1) is 27.7 Å². The molecule has 5 nitrogen and oxygen atoms in total. The van der Waals surface area contributed by atoms with Gasteiger partial charge in [-0.1, -0.05) is 18.2 Å². The van der Waals surface area contributed by atoms with Gasteiger partial charge in [0.1, 0.15) is 28.7 Å². The summed E-state index contributed by atoms with van der Waals surface area (Å²) in [5.74, 6) is 1.83. The minimum Gasteiger partial charge on any atom is -0.508 e. The van der Waals surface area contributed by atoms with Gasteiger partial charge in [-0.25, -0.2) is 0 Å². The predicted octanol–water partition coefficient (Wildman–Crippen LogP) is 7.30. The molecule has 0 atom stereocenters. The van der Waals surface area contributed by atoms with Crippen molar-refractivity contribution >= 4 is 17.1 Å². The molecule has 0 aromatic heterocycles. The largest absolute Gasteiger partial charge is 0.508 e. The van der Waals surface area contributed by atoms with Crippen LogP contribution in [0.1, 0.15) is 22.3 Å². The molecule has 0 unspecified atom stereocenters. The van der Waals surface area contributed by atoms with Gasteiger partial charge in [-0.3, -0.25) is 0 Å². The molecule has 0 amide bonds. The molecule has 0 radical (unpaired) electrons. The second kappa shape index (κ2) is 8.79. The van der Waals surface area contributed by atoms with Crippen LogP contribution in [0.5, 0.6) is 28.7 Å². The molecule has 0 heterocycles. The fourth-order valence-corrected chi connectivity index (χ4v) is 3.79. The lowest BCUT2D eigenvalue weighted by molar-refractivity contribution is 0.457. The first-order chi connectivity index (χ1) is 15.7. The minimum absolute atomic E-state index is 0.154. The average molecular weight is 442 g/mol. The normalized spacial score (nSPS) is 10.8. The zero-order chi connectivity index (χ0) is 23.7. The summed E-state index contributed by atoms with van der Waals surface area (Å²) in [5.41, 5.74) is 5.96. The Labute approximate surface area is 193 Å². The van der Waals surface area contributed by atoms with E-state index in [-0.39, 0.29) is 17.2 Å². The number of phenols is 3. The van der Waals surface area contributed by atoms with E-state index in [2.05, 4.69) is 0 Å². The molecule has 0 aliphatic rings. The van der Waals surface area contributed by atoms with Crippen molar-refractivity contribution in [2.45, 2.75) is 27.7 Å². The van der Waals surface area contributed by atoms with Crippen molar-refractivity contribution < 1.29 is 20.1 Å². The lowest BCUT2D eigenvalue weighted by atomic mass is 10.1. The van der Waals surface area contributed by atoms with Gasteiger partial charge in [-0.05, 0) is 86.3 Å². The molecule has 0 aliphatic carbocycles. The fraction of sp³-hybridized carbons (Fsp3) is 0.143. The maximum atomic E-state index is 10.2. The summed E-state index contributed by atoms with van der Waals surface area (Å²) in [7, 11) is 0. The van der Waals surface area contributed by atoms with Gasteiger partial charge in [-0.2, -0.15) is 0 Å². The molecule has 0 saturated carbocycles. The maximum Gasteiger partial charge on any atom is 0.130 e. The molecular formula is C28H27NO4. The van der Waals surface area contributed by atoms with Crippen LogP contribution >= 0.6 is 0 Å². The van der Waals surface area contributed by atoms with Crippen molar-refractivity contribution in [2.75, 3.05) is 4.90 Å². The lowest BCUT2D eigenvalue weighted by Gasteiger charge is -2.29. The van der Waals surface area contributed by atoms with Crippen molar-refractivity contribution in [3.63, 3.8) is 0 Å². The average Bonchev–Trinajstić information content (AvgIpc) is 2.79. The van der Waals surface area contributed by atoms with E-state index in [1.807, 2.05) is 69.0 Å². The minimum atomic E-state index is 0.154. The number of anilines is 3. The van der Waals surface area contributed by atoms with Crippen molar-refractivity contribution in [1.82, 2.24) is 0 Å². The summed E-state index contributed by atoms with van der Waals surface area (Å²) >= 11 is 0. The zero-order valence-corrected chi connectivity index (χ0v) is 19.1. The smallest absolute Gasteiger partial charge is 0.130 e. The van der Waals surface area contributed by atoms with Crippen molar-refractivity contribution in [3.8, 4) is 28.7 Å². The van der Waals surface area contributed by atoms with Crippen LogP contribution in [-0.2, 0) is 0 Å². The monoisotopic (exact) mass is 441 g/mol. The highest BCUT2D eigenvalue weighted by molar-refractivity contribution is 5.81. The Balaban J connectivity index is 1.84. The van der Waals surface area contributed by atoms with Crippen LogP contribution in [0.25, 0.3) is 0 Å². The molecule has 3 N–H and O–H groups in total. The summed E-state index contributed by atoms with van der Waals surface area (Å²) in [6, 6.07) is 21.5. The first-order valence-electron chi connectivity index (χ1n) is 10.7. The van der Waals surface area contributed by atoms with E-state index in [0.717, 1.165) is 39.3 Å². The van der Waals surface area contributed by atoms with Gasteiger partial charge in [0.15, 0.2) is 0 Å². The van der Waals surface area contributed by atoms with Crippen LogP contribution < -0.4 is 9.64 Å². The Kier molecular flexibility index (Phi) is 5.88. The summed E-state index contributed by atoms with van der Waals surface area (Å²) in [4.78, 5) is 1.99. The van der Waals surface area contributed by atoms with Gasteiger partial charge in [0, 0.05) is 23.9 Å². The number of phenolic OH excluding ortho intramolecular Hbond substituents is 3. The first-order valence-corrected chi connectivity index (χ1v) is 10.7. The number of benzene rings is 4. The molecule has 5 heteroatoms. The molecule has 0 aliphatic heterocycles. The standard InChI is InChI=1S/C28H27NO4/c1-17-8-10-22(30)15-25(17)29(26-16-23(31)11-9-18(26)2)21-6-5-7-24(14-21)33-28-13-12-27(32)19(3)20(28)4/h5-16,30-32H,1-4H3. The predicted molar refractivity (Wildman–Crippen MR) is 132 cm³/mol. The molecular weight excluding hydrogens is 414 g/mol. The number of hydrogen-bond acceptors (Lipinski definition) is 5. The van der Waals surface area contributed by atoms with Crippen LogP contribution in [0.3, 0.4) is 0 Å². The molecule has 0 bridgehead atoms. The van der Waals surface area contributed by atoms with E-state index in [4.69, 9.17) is 4.74 Å². The second-order valence-electron chi connectivity index (χ2n) is 8.21. The number of aryl methyl sites for hydroxylation is 2. The third-order valence-electron chi connectivity index (χ3n) is 5.88. The van der Waals surface area contributed by atoms with Crippen LogP contribution in [0.2, 0.25) is 0 Å². The van der Waals surface area contributed by atoms with Gasteiger partial charge in [0.2, 0.25) is 0 Å². The maximum absolute atomic E-state index is 10.2. The number of nitrogens with zero attached hydrogens (tertiary/aromatic N) is 1. The van der Waals surface area contributed by atoms with Gasteiger partial charge in [0.25, 0.3) is 0 Å². The fourth-order valence-electron chi connectivity index (χ4n) is 3.79. The van der Waals surface area contributed by atoms with Gasteiger partial charge >= 0.3 is 0 Å². The molecule has 0 saturated heterocycles. The van der Waals surface area contributed by atoms with Gasteiger partial charge in [0.05, 0.1) is 11.4 Å². The highest BCUT2D eigenvalue weighted by Gasteiger charge is 2.19. The number of ether oxygens (including phenoxy) is 1. The quantitative estimate of drug-likeness (QED) is 0.303. The number of hydrogen-bond donors (Lipinski definition) is 3. The first kappa shape index (κ1) is 22.1. The zero-order valence-electron chi connectivity index (χ0n) is 19.1. The molecule has 0 fully saturated rings. The van der Waals surface area contributed by atoms with Crippen LogP contribution in [0.15, 0.2) is 72.8 Å². The van der Waals surface area contributed by atoms with E-state index in [9.17, 15) is 15.3 Å². The molecule has 168 valence electrons. The Morgan fingerprint density at radius 2 is 1.24 bits per heavy atom. The molecule has 4 aromatic carbocycles. The molecule has 0 spiro atoms. The van der Waals surface area contributed by atoms with E-state index >= 15 is 0 Å². The van der Waals surface area contributed by atoms with Crippen LogP contribution in [0.4, 0.5) is 17.1 Å². The van der Waals surface area contributed by atoms with Gasteiger partial charge in [-0.15, -0.1) is 0 Å². The van der Waals surface area contributed by atoms with E-state index < -0.39 is 0 Å². The van der Waals surface area contributed by atoms with Gasteiger partial charge < -0.3 is 25.0 Å². The number of rotatable bonds is 5. The number of aromatic hydroxyl groups is 3. The Morgan fingerprint density at radius 3 is 1.85 bits per heavy atom. The van der Waals surface area contributed by atoms with Crippen LogP contribution in [-0.4, -0.2) is 15.3 Å².